The second kappa shape index (κ2) is 4.90. The summed E-state index contributed by atoms with van der Waals surface area (Å²) in [5, 5.41) is 4.47. The Hall–Kier alpha value is -1.68. The van der Waals surface area contributed by atoms with Gasteiger partial charge in [-0.25, -0.2) is 9.67 Å². The van der Waals surface area contributed by atoms with Gasteiger partial charge < -0.3 is 5.73 Å². The van der Waals surface area contributed by atoms with Crippen LogP contribution in [-0.4, -0.2) is 21.3 Å². The lowest BCUT2D eigenvalue weighted by atomic mass is 10.2. The van der Waals surface area contributed by atoms with E-state index in [0.29, 0.717) is 6.54 Å². The normalized spacial score (nSPS) is 10.6. The maximum Gasteiger partial charge on any atom is 0.181 e. The summed E-state index contributed by atoms with van der Waals surface area (Å²) in [6.45, 7) is 3.48. The van der Waals surface area contributed by atoms with E-state index in [0.717, 1.165) is 30.2 Å². The van der Waals surface area contributed by atoms with Crippen LogP contribution in [-0.2, 0) is 6.54 Å². The number of aryl methyl sites for hydroxylation is 2. The summed E-state index contributed by atoms with van der Waals surface area (Å²) in [5.74, 6) is 1.72. The van der Waals surface area contributed by atoms with Crippen LogP contribution in [0.5, 0.6) is 0 Å². The molecule has 2 rings (SSSR count). The molecule has 0 aliphatic rings. The Morgan fingerprint density at radius 3 is 2.69 bits per heavy atom. The zero-order valence-corrected chi connectivity index (χ0v) is 9.43. The minimum absolute atomic E-state index is 0.681. The van der Waals surface area contributed by atoms with Crippen molar-refractivity contribution in [3.05, 3.63) is 36.2 Å². The highest BCUT2D eigenvalue weighted by molar-refractivity contribution is 5.53. The standard InChI is InChI=1S/C12H16N4/c1-10-14-12(11-6-3-2-4-7-11)15-16(10)9-5-8-13/h2-4,6-7H,5,8-9,13H2,1H3. The molecule has 0 spiro atoms. The van der Waals surface area contributed by atoms with Gasteiger partial charge in [0.1, 0.15) is 5.82 Å². The van der Waals surface area contributed by atoms with E-state index in [2.05, 4.69) is 10.1 Å². The molecule has 1 heterocycles. The molecule has 4 heteroatoms. The Labute approximate surface area is 95.1 Å². The lowest BCUT2D eigenvalue weighted by Gasteiger charge is -1.99. The second-order valence-corrected chi connectivity index (χ2v) is 3.71. The van der Waals surface area contributed by atoms with E-state index in [1.165, 1.54) is 0 Å². The lowest BCUT2D eigenvalue weighted by Crippen LogP contribution is -2.08. The largest absolute Gasteiger partial charge is 0.330 e. The van der Waals surface area contributed by atoms with Crippen molar-refractivity contribution in [2.45, 2.75) is 19.9 Å². The number of rotatable bonds is 4. The molecule has 0 radical (unpaired) electrons. The van der Waals surface area contributed by atoms with E-state index in [1.807, 2.05) is 41.9 Å². The zero-order valence-electron chi connectivity index (χ0n) is 9.43. The van der Waals surface area contributed by atoms with Crippen LogP contribution < -0.4 is 5.73 Å². The summed E-state index contributed by atoms with van der Waals surface area (Å²) >= 11 is 0. The van der Waals surface area contributed by atoms with Gasteiger partial charge in [0.2, 0.25) is 0 Å². The van der Waals surface area contributed by atoms with Gasteiger partial charge in [0.15, 0.2) is 5.82 Å². The van der Waals surface area contributed by atoms with Crippen molar-refractivity contribution in [1.82, 2.24) is 14.8 Å². The van der Waals surface area contributed by atoms with Crippen LogP contribution in [0, 0.1) is 6.92 Å². The van der Waals surface area contributed by atoms with E-state index in [-0.39, 0.29) is 0 Å². The zero-order chi connectivity index (χ0) is 11.4. The van der Waals surface area contributed by atoms with Crippen LogP contribution in [0.4, 0.5) is 0 Å². The first-order valence-electron chi connectivity index (χ1n) is 5.48. The van der Waals surface area contributed by atoms with Crippen LogP contribution in [0.3, 0.4) is 0 Å². The number of benzene rings is 1. The molecule has 0 fully saturated rings. The minimum atomic E-state index is 0.681. The van der Waals surface area contributed by atoms with Crippen molar-refractivity contribution in [1.29, 1.82) is 0 Å². The Kier molecular flexibility index (Phi) is 3.31. The first-order valence-corrected chi connectivity index (χ1v) is 5.48. The fraction of sp³-hybridized carbons (Fsp3) is 0.333. The van der Waals surface area contributed by atoms with Gasteiger partial charge in [0.25, 0.3) is 0 Å². The monoisotopic (exact) mass is 216 g/mol. The van der Waals surface area contributed by atoms with Crippen LogP contribution in [0.2, 0.25) is 0 Å². The predicted molar refractivity (Wildman–Crippen MR) is 63.9 cm³/mol. The molecular weight excluding hydrogens is 200 g/mol. The summed E-state index contributed by atoms with van der Waals surface area (Å²) in [5.41, 5.74) is 6.54. The highest BCUT2D eigenvalue weighted by Crippen LogP contribution is 2.14. The molecule has 0 aliphatic heterocycles. The fourth-order valence-electron chi connectivity index (χ4n) is 1.58. The molecule has 84 valence electrons. The number of hydrogen-bond acceptors (Lipinski definition) is 3. The molecule has 0 bridgehead atoms. The lowest BCUT2D eigenvalue weighted by molar-refractivity contribution is 0.569. The SMILES string of the molecule is Cc1nc(-c2ccccc2)nn1CCCN. The van der Waals surface area contributed by atoms with Crippen LogP contribution in [0.15, 0.2) is 30.3 Å². The summed E-state index contributed by atoms with van der Waals surface area (Å²) < 4.78 is 1.91. The molecule has 0 atom stereocenters. The van der Waals surface area contributed by atoms with Gasteiger partial charge in [-0.3, -0.25) is 0 Å². The Bertz CT molecular complexity index is 447. The van der Waals surface area contributed by atoms with Gasteiger partial charge >= 0.3 is 0 Å². The van der Waals surface area contributed by atoms with Gasteiger partial charge in [-0.1, -0.05) is 30.3 Å². The maximum absolute atomic E-state index is 5.48. The number of hydrogen-bond donors (Lipinski definition) is 1. The quantitative estimate of drug-likeness (QED) is 0.844. The van der Waals surface area contributed by atoms with Gasteiger partial charge in [-0.15, -0.1) is 0 Å². The van der Waals surface area contributed by atoms with Crippen molar-refractivity contribution < 1.29 is 0 Å². The van der Waals surface area contributed by atoms with Crippen LogP contribution in [0.1, 0.15) is 12.2 Å². The fourth-order valence-corrected chi connectivity index (χ4v) is 1.58. The van der Waals surface area contributed by atoms with Crippen molar-refractivity contribution in [2.24, 2.45) is 5.73 Å². The van der Waals surface area contributed by atoms with Crippen LogP contribution >= 0.6 is 0 Å². The van der Waals surface area contributed by atoms with E-state index in [1.54, 1.807) is 0 Å². The van der Waals surface area contributed by atoms with Crippen LogP contribution in [0.25, 0.3) is 11.4 Å². The first kappa shape index (κ1) is 10.8. The Balaban J connectivity index is 2.24. The topological polar surface area (TPSA) is 56.7 Å². The van der Waals surface area contributed by atoms with E-state index < -0.39 is 0 Å². The smallest absolute Gasteiger partial charge is 0.181 e. The summed E-state index contributed by atoms with van der Waals surface area (Å²) in [7, 11) is 0. The third-order valence-corrected chi connectivity index (χ3v) is 2.46. The van der Waals surface area contributed by atoms with Gasteiger partial charge in [-0.05, 0) is 19.9 Å². The van der Waals surface area contributed by atoms with Gasteiger partial charge in [0.05, 0.1) is 0 Å². The molecule has 1 aromatic carbocycles. The first-order chi connectivity index (χ1) is 7.81. The van der Waals surface area contributed by atoms with E-state index in [4.69, 9.17) is 5.73 Å². The maximum atomic E-state index is 5.48. The summed E-state index contributed by atoms with van der Waals surface area (Å²) in [6, 6.07) is 10.0. The van der Waals surface area contributed by atoms with Crippen molar-refractivity contribution in [2.75, 3.05) is 6.54 Å². The average Bonchev–Trinajstić information content (AvgIpc) is 2.69. The third-order valence-electron chi connectivity index (χ3n) is 2.46. The molecule has 2 aromatic rings. The molecule has 16 heavy (non-hydrogen) atoms. The van der Waals surface area contributed by atoms with Gasteiger partial charge in [-0.2, -0.15) is 5.10 Å². The Morgan fingerprint density at radius 1 is 1.25 bits per heavy atom. The second-order valence-electron chi connectivity index (χ2n) is 3.71. The minimum Gasteiger partial charge on any atom is -0.330 e. The Morgan fingerprint density at radius 2 is 2.00 bits per heavy atom. The molecule has 0 unspecified atom stereocenters. The molecule has 0 aliphatic carbocycles. The molecule has 1 aromatic heterocycles. The number of aromatic nitrogens is 3. The molecule has 2 N–H and O–H groups in total. The molecule has 0 saturated heterocycles. The predicted octanol–water partition coefficient (Wildman–Crippen LogP) is 1.60. The van der Waals surface area contributed by atoms with Crippen molar-refractivity contribution >= 4 is 0 Å². The number of nitrogens with two attached hydrogens (primary N) is 1. The molecular formula is C12H16N4. The highest BCUT2D eigenvalue weighted by Gasteiger charge is 2.06. The summed E-state index contributed by atoms with van der Waals surface area (Å²) in [6.07, 6.45) is 0.929. The molecule has 0 saturated carbocycles. The molecule has 4 nitrogen and oxygen atoms in total. The third kappa shape index (κ3) is 2.28. The highest BCUT2D eigenvalue weighted by atomic mass is 15.3. The van der Waals surface area contributed by atoms with Gasteiger partial charge in [0, 0.05) is 12.1 Å². The molecule has 0 amide bonds. The number of nitrogens with zero attached hydrogens (tertiary/aromatic N) is 3. The average molecular weight is 216 g/mol. The van der Waals surface area contributed by atoms with Crippen molar-refractivity contribution in [3.8, 4) is 11.4 Å². The summed E-state index contributed by atoms with van der Waals surface area (Å²) in [4.78, 5) is 4.44. The van der Waals surface area contributed by atoms with E-state index in [9.17, 15) is 0 Å². The van der Waals surface area contributed by atoms with Crippen molar-refractivity contribution in [3.63, 3.8) is 0 Å². The van der Waals surface area contributed by atoms with E-state index >= 15 is 0 Å².